The molecule has 2 aromatic heterocycles. The van der Waals surface area contributed by atoms with Crippen molar-refractivity contribution in [2.75, 3.05) is 12.4 Å². The number of hydrogen-bond donors (Lipinski definition) is 1. The average molecular weight is 452 g/mol. The Bertz CT molecular complexity index is 1630. The predicted octanol–water partition coefficient (Wildman–Crippen LogP) is 6.05. The lowest BCUT2D eigenvalue weighted by atomic mass is 10.0. The molecule has 1 N–H and O–H groups in total. The summed E-state index contributed by atoms with van der Waals surface area (Å²) in [4.78, 5) is 17.2. The highest BCUT2D eigenvalue weighted by Gasteiger charge is 2.15. The fourth-order valence-corrected chi connectivity index (χ4v) is 4.37. The summed E-state index contributed by atoms with van der Waals surface area (Å²) in [6, 6.07) is 23.0. The number of methoxy groups -OCH3 is 1. The molecule has 0 bridgehead atoms. The standard InChI is InChI=1S/C26H17N3O3S/c1-31-19-7-4-6-18(11-19)28-14-17(13-27)25-29-23(15-33-25)22-12-21-20-8-3-2-5-16(20)9-10-24(21)32-26(22)30/h2-12,14-15,28H,1H3/b17-14-. The van der Waals surface area contributed by atoms with Gasteiger partial charge in [-0.3, -0.25) is 0 Å². The summed E-state index contributed by atoms with van der Waals surface area (Å²) in [7, 11) is 1.60. The molecular formula is C26H17N3O3S. The van der Waals surface area contributed by atoms with Gasteiger partial charge >= 0.3 is 5.63 Å². The Balaban J connectivity index is 1.52. The van der Waals surface area contributed by atoms with Gasteiger partial charge in [-0.1, -0.05) is 36.4 Å². The predicted molar refractivity (Wildman–Crippen MR) is 131 cm³/mol. The molecule has 7 heteroatoms. The highest BCUT2D eigenvalue weighted by atomic mass is 32.1. The lowest BCUT2D eigenvalue weighted by Gasteiger charge is -2.04. The van der Waals surface area contributed by atoms with Gasteiger partial charge in [0.25, 0.3) is 0 Å². The molecule has 0 atom stereocenters. The summed E-state index contributed by atoms with van der Waals surface area (Å²) in [6.45, 7) is 0. The number of nitrogens with zero attached hydrogens (tertiary/aromatic N) is 2. The lowest BCUT2D eigenvalue weighted by Crippen LogP contribution is -2.03. The maximum absolute atomic E-state index is 12.7. The van der Waals surface area contributed by atoms with Crippen molar-refractivity contribution in [2.24, 2.45) is 0 Å². The van der Waals surface area contributed by atoms with Crippen LogP contribution in [0.3, 0.4) is 0 Å². The Labute approximate surface area is 193 Å². The largest absolute Gasteiger partial charge is 0.497 e. The van der Waals surface area contributed by atoms with Crippen LogP contribution < -0.4 is 15.7 Å². The van der Waals surface area contributed by atoms with Crippen LogP contribution in [0.5, 0.6) is 5.75 Å². The van der Waals surface area contributed by atoms with E-state index in [0.29, 0.717) is 33.2 Å². The highest BCUT2D eigenvalue weighted by Crippen LogP contribution is 2.30. The van der Waals surface area contributed by atoms with E-state index in [0.717, 1.165) is 21.8 Å². The number of ether oxygens (including phenoxy) is 1. The minimum Gasteiger partial charge on any atom is -0.497 e. The molecule has 0 aliphatic heterocycles. The molecule has 6 nitrogen and oxygen atoms in total. The first-order valence-corrected chi connectivity index (χ1v) is 11.0. The maximum atomic E-state index is 12.7. The molecule has 5 aromatic rings. The molecule has 0 aliphatic carbocycles. The number of benzene rings is 3. The Morgan fingerprint density at radius 2 is 2.00 bits per heavy atom. The van der Waals surface area contributed by atoms with Crippen molar-refractivity contribution in [2.45, 2.75) is 0 Å². The van der Waals surface area contributed by atoms with Crippen molar-refractivity contribution < 1.29 is 9.15 Å². The van der Waals surface area contributed by atoms with Crippen molar-refractivity contribution in [3.05, 3.63) is 93.7 Å². The van der Waals surface area contributed by atoms with Gasteiger partial charge in [0.15, 0.2) is 0 Å². The van der Waals surface area contributed by atoms with E-state index in [1.165, 1.54) is 11.3 Å². The number of nitrogens with one attached hydrogen (secondary N) is 1. The molecule has 0 unspecified atom stereocenters. The van der Waals surface area contributed by atoms with Gasteiger partial charge in [-0.2, -0.15) is 5.26 Å². The van der Waals surface area contributed by atoms with Gasteiger partial charge in [0.2, 0.25) is 0 Å². The second-order valence-corrected chi connectivity index (χ2v) is 8.09. The topological polar surface area (TPSA) is 88.2 Å². The minimum absolute atomic E-state index is 0.352. The van der Waals surface area contributed by atoms with E-state index in [2.05, 4.69) is 16.4 Å². The Kier molecular flexibility index (Phi) is 5.35. The maximum Gasteiger partial charge on any atom is 0.345 e. The second kappa shape index (κ2) is 8.61. The Morgan fingerprint density at radius 1 is 1.12 bits per heavy atom. The van der Waals surface area contributed by atoms with E-state index in [9.17, 15) is 10.1 Å². The van der Waals surface area contributed by atoms with Gasteiger partial charge < -0.3 is 14.5 Å². The van der Waals surface area contributed by atoms with Crippen LogP contribution in [0.25, 0.3) is 38.6 Å². The third-order valence-corrected chi connectivity index (χ3v) is 6.10. The van der Waals surface area contributed by atoms with Crippen LogP contribution in [0.4, 0.5) is 5.69 Å². The van der Waals surface area contributed by atoms with E-state index in [-0.39, 0.29) is 0 Å². The number of fused-ring (bicyclic) bond motifs is 3. The van der Waals surface area contributed by atoms with E-state index in [1.807, 2.05) is 60.7 Å². The first kappa shape index (κ1) is 20.5. The Hall–Kier alpha value is -4.41. The number of aromatic nitrogens is 1. The van der Waals surface area contributed by atoms with Gasteiger partial charge in [0.1, 0.15) is 28.0 Å². The molecule has 33 heavy (non-hydrogen) atoms. The van der Waals surface area contributed by atoms with Crippen LogP contribution >= 0.6 is 11.3 Å². The molecule has 3 aromatic carbocycles. The lowest BCUT2D eigenvalue weighted by molar-refractivity contribution is 0.415. The first-order chi connectivity index (χ1) is 16.2. The smallest absolute Gasteiger partial charge is 0.345 e. The van der Waals surface area contributed by atoms with Gasteiger partial charge in [0.05, 0.1) is 18.4 Å². The fraction of sp³-hybridized carbons (Fsp3) is 0.0385. The number of thiazole rings is 1. The zero-order valence-corrected chi connectivity index (χ0v) is 18.3. The molecule has 0 saturated heterocycles. The van der Waals surface area contributed by atoms with Crippen molar-refractivity contribution in [1.29, 1.82) is 5.26 Å². The third-order valence-electron chi connectivity index (χ3n) is 5.23. The minimum atomic E-state index is -0.466. The molecule has 0 aliphatic rings. The number of hydrogen-bond acceptors (Lipinski definition) is 7. The zero-order valence-electron chi connectivity index (χ0n) is 17.5. The summed E-state index contributed by atoms with van der Waals surface area (Å²) in [5, 5.41) is 17.9. The van der Waals surface area contributed by atoms with E-state index in [1.54, 1.807) is 24.8 Å². The zero-order chi connectivity index (χ0) is 22.8. The molecule has 0 fully saturated rings. The first-order valence-electron chi connectivity index (χ1n) is 10.1. The molecule has 0 spiro atoms. The number of anilines is 1. The Morgan fingerprint density at radius 3 is 2.85 bits per heavy atom. The van der Waals surface area contributed by atoms with Crippen LogP contribution in [0.1, 0.15) is 5.01 Å². The van der Waals surface area contributed by atoms with E-state index < -0.39 is 5.63 Å². The fourth-order valence-electron chi connectivity index (χ4n) is 3.58. The molecule has 0 amide bonds. The number of rotatable bonds is 5. The van der Waals surface area contributed by atoms with Gasteiger partial charge in [-0.05, 0) is 35.0 Å². The normalized spacial score (nSPS) is 11.5. The van der Waals surface area contributed by atoms with Crippen LogP contribution in [0.2, 0.25) is 0 Å². The highest BCUT2D eigenvalue weighted by molar-refractivity contribution is 7.11. The molecular weight excluding hydrogens is 434 g/mol. The summed E-state index contributed by atoms with van der Waals surface area (Å²) in [5.74, 6) is 0.707. The van der Waals surface area contributed by atoms with Gasteiger partial charge in [-0.25, -0.2) is 9.78 Å². The molecule has 0 radical (unpaired) electrons. The quantitative estimate of drug-likeness (QED) is 0.199. The summed E-state index contributed by atoms with van der Waals surface area (Å²) in [5.41, 5.74) is 2.02. The van der Waals surface area contributed by atoms with Crippen molar-refractivity contribution >= 4 is 44.3 Å². The summed E-state index contributed by atoms with van der Waals surface area (Å²) < 4.78 is 10.8. The van der Waals surface area contributed by atoms with Crippen molar-refractivity contribution in [3.8, 4) is 23.1 Å². The van der Waals surface area contributed by atoms with Gasteiger partial charge in [0, 0.05) is 28.7 Å². The summed E-state index contributed by atoms with van der Waals surface area (Å²) >= 11 is 1.29. The number of nitriles is 1. The molecule has 5 rings (SSSR count). The monoisotopic (exact) mass is 451 g/mol. The molecule has 160 valence electrons. The number of allylic oxidation sites excluding steroid dienone is 1. The van der Waals surface area contributed by atoms with E-state index in [4.69, 9.17) is 9.15 Å². The van der Waals surface area contributed by atoms with Gasteiger partial charge in [-0.15, -0.1) is 11.3 Å². The van der Waals surface area contributed by atoms with E-state index >= 15 is 0 Å². The van der Waals surface area contributed by atoms with Crippen LogP contribution in [-0.2, 0) is 0 Å². The molecule has 2 heterocycles. The third kappa shape index (κ3) is 3.95. The van der Waals surface area contributed by atoms with Crippen LogP contribution in [0, 0.1) is 11.3 Å². The SMILES string of the molecule is COc1cccc(N/C=C(/C#N)c2nc(-c3cc4c(ccc5ccccc54)oc3=O)cs2)c1. The average Bonchev–Trinajstić information content (AvgIpc) is 3.34. The van der Waals surface area contributed by atoms with Crippen LogP contribution in [0.15, 0.2) is 87.5 Å². The second-order valence-electron chi connectivity index (χ2n) is 7.23. The molecule has 0 saturated carbocycles. The summed E-state index contributed by atoms with van der Waals surface area (Å²) in [6.07, 6.45) is 1.59. The van der Waals surface area contributed by atoms with Crippen molar-refractivity contribution in [1.82, 2.24) is 4.98 Å². The van der Waals surface area contributed by atoms with Crippen molar-refractivity contribution in [3.63, 3.8) is 0 Å². The van der Waals surface area contributed by atoms with Crippen LogP contribution in [-0.4, -0.2) is 12.1 Å².